The number of phenols is 1. The van der Waals surface area contributed by atoms with Gasteiger partial charge in [-0.1, -0.05) is 18.2 Å². The first kappa shape index (κ1) is 34.4. The molecule has 3 aliphatic heterocycles. The average Bonchev–Trinajstić information content (AvgIpc) is 3.42. The molecule has 5 rings (SSSR count). The highest BCUT2D eigenvalue weighted by atomic mass is 16.8. The van der Waals surface area contributed by atoms with E-state index >= 15 is 0 Å². The van der Waals surface area contributed by atoms with Crippen molar-refractivity contribution < 1.29 is 79.2 Å². The zero-order chi connectivity index (χ0) is 33.1. The standard InChI is InChI=1S/C30H38O16/c31-10-14-9-17(16-7-8-41-28(21(14)16)46-30-27(40)24(37)22(35)18(11-32)44-30)43-29-26(39)25(38)23(36)19(45-29)12-42-20(34)6-3-13-1-4-15(33)5-2-13/h1-9,16-19,21-33,35-40H,10-12H2/b6-3+/t16-,17+,18+,19+,21+,22+,23+,24-,25-,26+,27+,28-,29+,30-/m0/s1. The van der Waals surface area contributed by atoms with Gasteiger partial charge in [0, 0.05) is 12.0 Å². The predicted molar refractivity (Wildman–Crippen MR) is 151 cm³/mol. The quantitative estimate of drug-likeness (QED) is 0.0692. The Bertz CT molecular complexity index is 1270. The summed E-state index contributed by atoms with van der Waals surface area (Å²) in [5.74, 6) is -2.06. The van der Waals surface area contributed by atoms with E-state index in [1.807, 2.05) is 0 Å². The molecule has 14 atom stereocenters. The molecule has 2 saturated heterocycles. The van der Waals surface area contributed by atoms with Crippen LogP contribution in [0.5, 0.6) is 5.75 Å². The Labute approximate surface area is 262 Å². The maximum Gasteiger partial charge on any atom is 0.330 e. The fourth-order valence-corrected chi connectivity index (χ4v) is 5.77. The molecule has 16 heteroatoms. The number of phenolic OH excluding ortho intramolecular Hbond substituents is 1. The number of fused-ring (bicyclic) bond motifs is 1. The van der Waals surface area contributed by atoms with E-state index in [0.29, 0.717) is 11.1 Å². The molecule has 0 aromatic heterocycles. The SMILES string of the molecule is O=C(/C=C/c1ccc(O)cc1)OC[C@H]1O[C@@H](O[C@@H]2C=C(CO)[C@H]3[C@H](O[C@@H]4O[C@H](CO)[C@@H](O)[C@H](O)[C@H]4O)OC=C[C@H]32)[C@H](O)[C@@H](O)[C@@H]1O. The molecule has 0 bridgehead atoms. The zero-order valence-electron chi connectivity index (χ0n) is 24.3. The minimum Gasteiger partial charge on any atom is -0.508 e. The third-order valence-corrected chi connectivity index (χ3v) is 8.36. The molecule has 9 N–H and O–H groups in total. The van der Waals surface area contributed by atoms with Gasteiger partial charge in [-0.3, -0.25) is 0 Å². The number of benzene rings is 1. The lowest BCUT2D eigenvalue weighted by Gasteiger charge is -2.43. The summed E-state index contributed by atoms with van der Waals surface area (Å²) in [4.78, 5) is 12.3. The summed E-state index contributed by atoms with van der Waals surface area (Å²) < 4.78 is 33.7. The number of hydrogen-bond acceptors (Lipinski definition) is 16. The van der Waals surface area contributed by atoms with Crippen LogP contribution in [-0.4, -0.2) is 146 Å². The molecule has 254 valence electrons. The van der Waals surface area contributed by atoms with Crippen LogP contribution in [0.15, 0.2) is 54.3 Å². The van der Waals surface area contributed by atoms with Crippen LogP contribution in [0.1, 0.15) is 5.56 Å². The van der Waals surface area contributed by atoms with Crippen LogP contribution in [0.2, 0.25) is 0 Å². The minimum absolute atomic E-state index is 0.0611. The molecule has 0 saturated carbocycles. The third kappa shape index (κ3) is 7.28. The summed E-state index contributed by atoms with van der Waals surface area (Å²) in [7, 11) is 0. The van der Waals surface area contributed by atoms with E-state index in [9.17, 15) is 50.8 Å². The molecular formula is C30H38O16. The second-order valence-corrected chi connectivity index (χ2v) is 11.3. The highest BCUT2D eigenvalue weighted by molar-refractivity contribution is 5.87. The van der Waals surface area contributed by atoms with Crippen molar-refractivity contribution in [2.24, 2.45) is 11.8 Å². The number of carbonyl (C=O) groups is 1. The summed E-state index contributed by atoms with van der Waals surface area (Å²) in [5.41, 5.74) is 0.995. The molecule has 1 aliphatic carbocycles. The van der Waals surface area contributed by atoms with E-state index in [1.54, 1.807) is 18.2 Å². The van der Waals surface area contributed by atoms with Gasteiger partial charge in [0.1, 0.15) is 61.2 Å². The first-order valence-electron chi connectivity index (χ1n) is 14.6. The number of esters is 1. The Morgan fingerprint density at radius 1 is 0.804 bits per heavy atom. The van der Waals surface area contributed by atoms with Crippen LogP contribution in [0.4, 0.5) is 0 Å². The second kappa shape index (κ2) is 14.8. The molecule has 4 aliphatic rings. The first-order chi connectivity index (χ1) is 22.0. The van der Waals surface area contributed by atoms with E-state index in [-0.39, 0.29) is 5.75 Å². The largest absolute Gasteiger partial charge is 0.508 e. The average molecular weight is 655 g/mol. The lowest BCUT2D eigenvalue weighted by Crippen LogP contribution is -2.60. The highest BCUT2D eigenvalue weighted by Crippen LogP contribution is 2.43. The topological polar surface area (TPSA) is 255 Å². The second-order valence-electron chi connectivity index (χ2n) is 11.3. The molecule has 1 aromatic rings. The van der Waals surface area contributed by atoms with Gasteiger partial charge in [0.05, 0.1) is 31.5 Å². The fraction of sp³-hybridized carbons (Fsp3) is 0.567. The van der Waals surface area contributed by atoms with E-state index in [1.165, 1.54) is 30.5 Å². The number of carbonyl (C=O) groups excluding carboxylic acids is 1. The third-order valence-electron chi connectivity index (χ3n) is 8.36. The molecule has 3 heterocycles. The summed E-state index contributed by atoms with van der Waals surface area (Å²) in [5, 5.41) is 91.3. The normalized spacial score (nSPS) is 40.7. The summed E-state index contributed by atoms with van der Waals surface area (Å²) in [6.07, 6.45) is -10.7. The molecule has 0 spiro atoms. The van der Waals surface area contributed by atoms with E-state index in [2.05, 4.69) is 0 Å². The molecular weight excluding hydrogens is 616 g/mol. The number of aliphatic hydroxyl groups excluding tert-OH is 8. The molecule has 0 amide bonds. The zero-order valence-corrected chi connectivity index (χ0v) is 24.3. The van der Waals surface area contributed by atoms with Crippen molar-refractivity contribution in [1.29, 1.82) is 0 Å². The van der Waals surface area contributed by atoms with Gasteiger partial charge in [-0.2, -0.15) is 0 Å². The van der Waals surface area contributed by atoms with Crippen molar-refractivity contribution in [3.63, 3.8) is 0 Å². The predicted octanol–water partition coefficient (Wildman–Crippen LogP) is -3.01. The van der Waals surface area contributed by atoms with Crippen LogP contribution in [0.25, 0.3) is 6.08 Å². The van der Waals surface area contributed by atoms with E-state index in [4.69, 9.17) is 28.4 Å². The van der Waals surface area contributed by atoms with Crippen LogP contribution in [0.3, 0.4) is 0 Å². The minimum atomic E-state index is -1.74. The van der Waals surface area contributed by atoms with Gasteiger partial charge in [-0.15, -0.1) is 0 Å². The summed E-state index contributed by atoms with van der Waals surface area (Å²) >= 11 is 0. The van der Waals surface area contributed by atoms with Crippen LogP contribution >= 0.6 is 0 Å². The van der Waals surface area contributed by atoms with Gasteiger partial charge in [0.25, 0.3) is 0 Å². The number of ether oxygens (including phenoxy) is 6. The molecule has 0 radical (unpaired) electrons. The van der Waals surface area contributed by atoms with Gasteiger partial charge in [0.15, 0.2) is 12.6 Å². The molecule has 1 aromatic carbocycles. The Balaban J connectivity index is 1.22. The van der Waals surface area contributed by atoms with Crippen molar-refractivity contribution in [3.8, 4) is 5.75 Å². The number of rotatable bonds is 10. The lowest BCUT2D eigenvalue weighted by atomic mass is 9.88. The van der Waals surface area contributed by atoms with Crippen LogP contribution in [-0.2, 0) is 33.2 Å². The van der Waals surface area contributed by atoms with Gasteiger partial charge in [0.2, 0.25) is 6.29 Å². The lowest BCUT2D eigenvalue weighted by molar-refractivity contribution is -0.341. The Hall–Kier alpha value is -2.97. The Morgan fingerprint density at radius 3 is 2.09 bits per heavy atom. The smallest absolute Gasteiger partial charge is 0.330 e. The van der Waals surface area contributed by atoms with E-state index in [0.717, 1.165) is 6.08 Å². The van der Waals surface area contributed by atoms with Crippen molar-refractivity contribution in [1.82, 2.24) is 0 Å². The van der Waals surface area contributed by atoms with Crippen molar-refractivity contribution in [3.05, 3.63) is 59.9 Å². The molecule has 0 unspecified atom stereocenters. The van der Waals surface area contributed by atoms with E-state index < -0.39 is 111 Å². The summed E-state index contributed by atoms with van der Waals surface area (Å²) in [6, 6.07) is 6.04. The maximum atomic E-state index is 12.3. The number of aliphatic hydroxyl groups is 8. The first-order valence-corrected chi connectivity index (χ1v) is 14.6. The van der Waals surface area contributed by atoms with Gasteiger partial charge < -0.3 is 74.4 Å². The Morgan fingerprint density at radius 2 is 1.43 bits per heavy atom. The maximum absolute atomic E-state index is 12.3. The number of aromatic hydroxyl groups is 1. The van der Waals surface area contributed by atoms with Gasteiger partial charge >= 0.3 is 5.97 Å². The van der Waals surface area contributed by atoms with Crippen LogP contribution < -0.4 is 0 Å². The highest BCUT2D eigenvalue weighted by Gasteiger charge is 2.51. The fourth-order valence-electron chi connectivity index (χ4n) is 5.77. The van der Waals surface area contributed by atoms with Crippen molar-refractivity contribution in [2.45, 2.75) is 73.8 Å². The van der Waals surface area contributed by atoms with Crippen molar-refractivity contribution in [2.75, 3.05) is 19.8 Å². The Kier molecular flexibility index (Phi) is 11.1. The van der Waals surface area contributed by atoms with Gasteiger partial charge in [-0.25, -0.2) is 4.79 Å². The molecule has 16 nitrogen and oxygen atoms in total. The summed E-state index contributed by atoms with van der Waals surface area (Å²) in [6.45, 7) is -1.64. The monoisotopic (exact) mass is 654 g/mol. The van der Waals surface area contributed by atoms with Gasteiger partial charge in [-0.05, 0) is 35.4 Å². The molecule has 46 heavy (non-hydrogen) atoms. The van der Waals surface area contributed by atoms with Crippen molar-refractivity contribution >= 4 is 12.0 Å². The van der Waals surface area contributed by atoms with Crippen LogP contribution in [0, 0.1) is 11.8 Å². The number of hydrogen-bond donors (Lipinski definition) is 9. The molecule has 2 fully saturated rings.